The van der Waals surface area contributed by atoms with Crippen LogP contribution in [0.4, 0.5) is 5.69 Å². The number of hydrogen-bond acceptors (Lipinski definition) is 4. The highest BCUT2D eigenvalue weighted by Crippen LogP contribution is 2.16. The van der Waals surface area contributed by atoms with Crippen LogP contribution in [-0.4, -0.2) is 18.0 Å². The largest absolute Gasteiger partial charge is 0.497 e. The summed E-state index contributed by atoms with van der Waals surface area (Å²) in [6.45, 7) is 0. The molecule has 17 heavy (non-hydrogen) atoms. The van der Waals surface area contributed by atoms with Crippen molar-refractivity contribution in [2.75, 3.05) is 12.4 Å². The monoisotopic (exact) mass is 232 g/mol. The highest BCUT2D eigenvalue weighted by Gasteiger charge is 2.06. The fourth-order valence-corrected chi connectivity index (χ4v) is 1.40. The lowest BCUT2D eigenvalue weighted by atomic mass is 10.2. The molecule has 2 aromatic rings. The molecule has 5 heteroatoms. The summed E-state index contributed by atoms with van der Waals surface area (Å²) in [7, 11) is 1.58. The third-order valence-corrected chi connectivity index (χ3v) is 2.18. The topological polar surface area (TPSA) is 64.4 Å². The molecule has 2 rings (SSSR count). The maximum absolute atomic E-state index is 11.6. The summed E-state index contributed by atoms with van der Waals surface area (Å²) >= 11 is 0. The summed E-state index contributed by atoms with van der Waals surface area (Å²) in [6.07, 6.45) is 2.94. The van der Waals surface area contributed by atoms with Gasteiger partial charge >= 0.3 is 0 Å². The van der Waals surface area contributed by atoms with Gasteiger partial charge in [0.2, 0.25) is 5.91 Å². The van der Waals surface area contributed by atoms with Crippen molar-refractivity contribution in [3.8, 4) is 5.75 Å². The maximum atomic E-state index is 11.6. The Hall–Kier alpha value is -2.30. The number of nitrogens with one attached hydrogen (secondary N) is 1. The van der Waals surface area contributed by atoms with Crippen LogP contribution >= 0.6 is 0 Å². The van der Waals surface area contributed by atoms with Gasteiger partial charge in [-0.15, -0.1) is 0 Å². The summed E-state index contributed by atoms with van der Waals surface area (Å²) < 4.78 is 9.85. The quantitative estimate of drug-likeness (QED) is 0.873. The Kier molecular flexibility index (Phi) is 3.40. The van der Waals surface area contributed by atoms with Gasteiger partial charge in [0.05, 0.1) is 19.2 Å². The summed E-state index contributed by atoms with van der Waals surface area (Å²) in [5.41, 5.74) is 1.29. The second-order valence-electron chi connectivity index (χ2n) is 3.44. The molecule has 0 radical (unpaired) electrons. The lowest BCUT2D eigenvalue weighted by molar-refractivity contribution is -0.115. The number of carbonyl (C=O) groups is 1. The van der Waals surface area contributed by atoms with Gasteiger partial charge in [0.25, 0.3) is 0 Å². The van der Waals surface area contributed by atoms with Crippen LogP contribution in [0.25, 0.3) is 0 Å². The Morgan fingerprint density at radius 1 is 1.53 bits per heavy atom. The van der Waals surface area contributed by atoms with E-state index < -0.39 is 0 Å². The van der Waals surface area contributed by atoms with Crippen LogP contribution in [0.5, 0.6) is 5.75 Å². The summed E-state index contributed by atoms with van der Waals surface area (Å²) in [4.78, 5) is 15.5. The van der Waals surface area contributed by atoms with Crippen LogP contribution in [0.1, 0.15) is 5.69 Å². The second kappa shape index (κ2) is 5.16. The van der Waals surface area contributed by atoms with Crippen molar-refractivity contribution in [3.05, 3.63) is 42.6 Å². The zero-order chi connectivity index (χ0) is 12.1. The van der Waals surface area contributed by atoms with E-state index >= 15 is 0 Å². The molecule has 1 heterocycles. The maximum Gasteiger partial charge on any atom is 0.230 e. The van der Waals surface area contributed by atoms with Gasteiger partial charge in [-0.05, 0) is 12.1 Å². The molecule has 1 amide bonds. The molecule has 0 fully saturated rings. The van der Waals surface area contributed by atoms with Gasteiger partial charge in [-0.3, -0.25) is 4.79 Å². The molecule has 0 unspecified atom stereocenters. The lowest BCUT2D eigenvalue weighted by Gasteiger charge is -2.05. The third kappa shape index (κ3) is 3.07. The SMILES string of the molecule is COc1cccc(NC(=O)Cc2cocn2)c1. The van der Waals surface area contributed by atoms with E-state index in [1.165, 1.54) is 12.7 Å². The van der Waals surface area contributed by atoms with Crippen LogP contribution in [0.15, 0.2) is 41.3 Å². The number of carbonyl (C=O) groups excluding carboxylic acids is 1. The van der Waals surface area contributed by atoms with E-state index in [-0.39, 0.29) is 12.3 Å². The van der Waals surface area contributed by atoms with E-state index in [1.807, 2.05) is 12.1 Å². The molecule has 0 aliphatic heterocycles. The molecule has 0 aliphatic carbocycles. The normalized spacial score (nSPS) is 9.94. The smallest absolute Gasteiger partial charge is 0.230 e. The molecule has 1 aromatic carbocycles. The standard InChI is InChI=1S/C12H12N2O3/c1-16-11-4-2-3-9(5-11)14-12(15)6-10-7-17-8-13-10/h2-5,7-8H,6H2,1H3,(H,14,15). The molecule has 1 aromatic heterocycles. The first-order valence-electron chi connectivity index (χ1n) is 5.09. The van der Waals surface area contributed by atoms with Gasteiger partial charge < -0.3 is 14.5 Å². The number of methoxy groups -OCH3 is 1. The van der Waals surface area contributed by atoms with Gasteiger partial charge in [0, 0.05) is 11.8 Å². The highest BCUT2D eigenvalue weighted by molar-refractivity contribution is 5.92. The number of aromatic nitrogens is 1. The molecule has 0 saturated carbocycles. The van der Waals surface area contributed by atoms with E-state index in [9.17, 15) is 4.79 Å². The van der Waals surface area contributed by atoms with Crippen molar-refractivity contribution in [2.45, 2.75) is 6.42 Å². The first-order valence-corrected chi connectivity index (χ1v) is 5.09. The van der Waals surface area contributed by atoms with E-state index in [0.717, 1.165) is 0 Å². The minimum Gasteiger partial charge on any atom is -0.497 e. The van der Waals surface area contributed by atoms with Gasteiger partial charge in [0.15, 0.2) is 6.39 Å². The van der Waals surface area contributed by atoms with Crippen molar-refractivity contribution < 1.29 is 13.9 Å². The van der Waals surface area contributed by atoms with E-state index in [2.05, 4.69) is 10.3 Å². The molecule has 1 N–H and O–H groups in total. The lowest BCUT2D eigenvalue weighted by Crippen LogP contribution is -2.14. The summed E-state index contributed by atoms with van der Waals surface area (Å²) in [5, 5.41) is 2.75. The molecule has 88 valence electrons. The highest BCUT2D eigenvalue weighted by atomic mass is 16.5. The minimum absolute atomic E-state index is 0.146. The number of hydrogen-bond donors (Lipinski definition) is 1. The van der Waals surface area contributed by atoms with E-state index in [4.69, 9.17) is 9.15 Å². The predicted molar refractivity (Wildman–Crippen MR) is 61.8 cm³/mol. The molecular weight excluding hydrogens is 220 g/mol. The fourth-order valence-electron chi connectivity index (χ4n) is 1.40. The Morgan fingerprint density at radius 3 is 3.12 bits per heavy atom. The number of rotatable bonds is 4. The second-order valence-corrected chi connectivity index (χ2v) is 3.44. The Labute approximate surface area is 98.4 Å². The zero-order valence-electron chi connectivity index (χ0n) is 9.34. The average molecular weight is 232 g/mol. The van der Waals surface area contributed by atoms with Crippen LogP contribution in [0.3, 0.4) is 0 Å². The zero-order valence-corrected chi connectivity index (χ0v) is 9.34. The Bertz CT molecular complexity index is 494. The van der Waals surface area contributed by atoms with Gasteiger partial charge in [-0.2, -0.15) is 0 Å². The first kappa shape index (κ1) is 11.2. The van der Waals surface area contributed by atoms with Crippen molar-refractivity contribution in [2.24, 2.45) is 0 Å². The molecule has 0 saturated heterocycles. The van der Waals surface area contributed by atoms with Crippen LogP contribution in [-0.2, 0) is 11.2 Å². The minimum atomic E-state index is -0.146. The predicted octanol–water partition coefficient (Wildman–Crippen LogP) is 1.86. The summed E-state index contributed by atoms with van der Waals surface area (Å²) in [6, 6.07) is 7.17. The van der Waals surface area contributed by atoms with Gasteiger partial charge in [-0.1, -0.05) is 6.07 Å². The van der Waals surface area contributed by atoms with Crippen molar-refractivity contribution in [1.82, 2.24) is 4.98 Å². The third-order valence-electron chi connectivity index (χ3n) is 2.18. The van der Waals surface area contributed by atoms with Crippen LogP contribution in [0, 0.1) is 0 Å². The van der Waals surface area contributed by atoms with Crippen LogP contribution < -0.4 is 10.1 Å². The Balaban J connectivity index is 1.98. The van der Waals surface area contributed by atoms with Gasteiger partial charge in [-0.25, -0.2) is 4.98 Å². The molecule has 0 bridgehead atoms. The van der Waals surface area contributed by atoms with Crippen molar-refractivity contribution >= 4 is 11.6 Å². The molecule has 0 atom stereocenters. The number of anilines is 1. The number of oxazole rings is 1. The van der Waals surface area contributed by atoms with Crippen LogP contribution in [0.2, 0.25) is 0 Å². The van der Waals surface area contributed by atoms with Gasteiger partial charge in [0.1, 0.15) is 12.0 Å². The number of benzene rings is 1. The van der Waals surface area contributed by atoms with E-state index in [0.29, 0.717) is 17.1 Å². The first-order chi connectivity index (χ1) is 8.28. The molecule has 5 nitrogen and oxygen atoms in total. The number of ether oxygens (including phenoxy) is 1. The molecular formula is C12H12N2O3. The molecule has 0 spiro atoms. The summed E-state index contributed by atoms with van der Waals surface area (Å²) in [5.74, 6) is 0.552. The number of amides is 1. The van der Waals surface area contributed by atoms with Crippen molar-refractivity contribution in [3.63, 3.8) is 0 Å². The van der Waals surface area contributed by atoms with Crippen molar-refractivity contribution in [1.29, 1.82) is 0 Å². The van der Waals surface area contributed by atoms with E-state index in [1.54, 1.807) is 19.2 Å². The average Bonchev–Trinajstić information content (AvgIpc) is 2.82. The number of nitrogens with zero attached hydrogens (tertiary/aromatic N) is 1. The fraction of sp³-hybridized carbons (Fsp3) is 0.167. The Morgan fingerprint density at radius 2 is 2.41 bits per heavy atom. The molecule has 0 aliphatic rings.